The van der Waals surface area contributed by atoms with Gasteiger partial charge in [-0.25, -0.2) is 14.8 Å². The molecule has 2 aromatic heterocycles. The molecule has 0 radical (unpaired) electrons. The number of hydrogen-bond donors (Lipinski definition) is 2. The SMILES string of the molecule is O=C(O)c1cnc2nc(-c3cc(Cl)ccc3Br)[nH]c2c1. The maximum Gasteiger partial charge on any atom is 0.337 e. The zero-order valence-corrected chi connectivity index (χ0v) is 12.2. The Labute approximate surface area is 126 Å². The Morgan fingerprint density at radius 3 is 2.90 bits per heavy atom. The lowest BCUT2D eigenvalue weighted by Gasteiger charge is -2.00. The molecule has 2 heterocycles. The van der Waals surface area contributed by atoms with Crippen molar-refractivity contribution in [2.24, 2.45) is 0 Å². The summed E-state index contributed by atoms with van der Waals surface area (Å²) in [4.78, 5) is 22.3. The minimum absolute atomic E-state index is 0.109. The molecule has 0 aliphatic rings. The summed E-state index contributed by atoms with van der Waals surface area (Å²) < 4.78 is 0.833. The van der Waals surface area contributed by atoms with E-state index in [-0.39, 0.29) is 5.56 Å². The van der Waals surface area contributed by atoms with E-state index in [9.17, 15) is 4.79 Å². The number of nitrogens with one attached hydrogen (secondary N) is 1. The van der Waals surface area contributed by atoms with Crippen LogP contribution in [-0.4, -0.2) is 26.0 Å². The first-order valence-electron chi connectivity index (χ1n) is 5.59. The number of carboxylic acids is 1. The van der Waals surface area contributed by atoms with Gasteiger partial charge in [0.05, 0.1) is 11.1 Å². The number of halogens is 2. The van der Waals surface area contributed by atoms with Gasteiger partial charge in [-0.15, -0.1) is 0 Å². The highest BCUT2D eigenvalue weighted by molar-refractivity contribution is 9.10. The fourth-order valence-corrected chi connectivity index (χ4v) is 2.43. The van der Waals surface area contributed by atoms with Crippen LogP contribution in [0.3, 0.4) is 0 Å². The fourth-order valence-electron chi connectivity index (χ4n) is 1.82. The molecule has 0 fully saturated rings. The number of aromatic nitrogens is 3. The summed E-state index contributed by atoms with van der Waals surface area (Å²) >= 11 is 9.41. The second-order valence-electron chi connectivity index (χ2n) is 4.11. The molecule has 0 saturated heterocycles. The van der Waals surface area contributed by atoms with Crippen LogP contribution in [0.5, 0.6) is 0 Å². The highest BCUT2D eigenvalue weighted by atomic mass is 79.9. The molecule has 0 aliphatic heterocycles. The molecule has 0 saturated carbocycles. The number of carbonyl (C=O) groups is 1. The van der Waals surface area contributed by atoms with E-state index in [1.165, 1.54) is 12.3 Å². The summed E-state index contributed by atoms with van der Waals surface area (Å²) in [6.45, 7) is 0. The molecule has 1 aromatic carbocycles. The van der Waals surface area contributed by atoms with Crippen molar-refractivity contribution in [1.29, 1.82) is 0 Å². The van der Waals surface area contributed by atoms with Gasteiger partial charge in [0.2, 0.25) is 0 Å². The van der Waals surface area contributed by atoms with Crippen LogP contribution in [0.25, 0.3) is 22.6 Å². The number of carboxylic acid groups (broad SMARTS) is 1. The highest BCUT2D eigenvalue weighted by Crippen LogP contribution is 2.30. The summed E-state index contributed by atoms with van der Waals surface area (Å²) in [7, 11) is 0. The van der Waals surface area contributed by atoms with Crippen molar-refractivity contribution >= 4 is 44.7 Å². The molecule has 0 spiro atoms. The van der Waals surface area contributed by atoms with Crippen LogP contribution in [0, 0.1) is 0 Å². The Morgan fingerprint density at radius 1 is 1.35 bits per heavy atom. The van der Waals surface area contributed by atoms with E-state index in [0.29, 0.717) is 22.0 Å². The van der Waals surface area contributed by atoms with Gasteiger partial charge in [-0.05, 0) is 24.3 Å². The molecule has 0 bridgehead atoms. The molecule has 7 heteroatoms. The fraction of sp³-hybridized carbons (Fsp3) is 0. The minimum atomic E-state index is -1.03. The van der Waals surface area contributed by atoms with E-state index in [2.05, 4.69) is 30.9 Å². The number of pyridine rings is 1. The van der Waals surface area contributed by atoms with Crippen LogP contribution < -0.4 is 0 Å². The van der Waals surface area contributed by atoms with E-state index < -0.39 is 5.97 Å². The zero-order valence-electron chi connectivity index (χ0n) is 9.89. The van der Waals surface area contributed by atoms with Gasteiger partial charge in [0.1, 0.15) is 5.82 Å². The molecule has 2 N–H and O–H groups in total. The lowest BCUT2D eigenvalue weighted by Crippen LogP contribution is -1.96. The lowest BCUT2D eigenvalue weighted by molar-refractivity contribution is 0.0696. The molecule has 3 aromatic rings. The van der Waals surface area contributed by atoms with E-state index in [1.54, 1.807) is 12.1 Å². The molecule has 0 amide bonds. The lowest BCUT2D eigenvalue weighted by atomic mass is 10.2. The van der Waals surface area contributed by atoms with Crippen LogP contribution in [0.4, 0.5) is 0 Å². The Morgan fingerprint density at radius 2 is 2.15 bits per heavy atom. The number of aromatic amines is 1. The number of rotatable bonds is 2. The topological polar surface area (TPSA) is 78.9 Å². The Bertz CT molecular complexity index is 832. The van der Waals surface area contributed by atoms with Crippen molar-refractivity contribution < 1.29 is 9.90 Å². The van der Waals surface area contributed by atoms with Crippen LogP contribution in [-0.2, 0) is 0 Å². The average Bonchev–Trinajstić information content (AvgIpc) is 2.83. The van der Waals surface area contributed by atoms with Gasteiger partial charge < -0.3 is 10.1 Å². The van der Waals surface area contributed by atoms with Crippen molar-refractivity contribution in [3.05, 3.63) is 45.5 Å². The number of H-pyrrole nitrogens is 1. The van der Waals surface area contributed by atoms with Crippen LogP contribution in [0.2, 0.25) is 5.02 Å². The smallest absolute Gasteiger partial charge is 0.337 e. The zero-order chi connectivity index (χ0) is 14.3. The van der Waals surface area contributed by atoms with E-state index in [1.807, 2.05) is 6.07 Å². The standard InChI is InChI=1S/C13H7BrClN3O2/c14-9-2-1-7(15)4-8(9)11-17-10-3-6(13(19)20)5-16-12(10)18-11/h1-5H,(H,19,20)(H,16,17,18). The van der Waals surface area contributed by atoms with Gasteiger partial charge in [-0.3, -0.25) is 0 Å². The number of fused-ring (bicyclic) bond motifs is 1. The number of benzene rings is 1. The van der Waals surface area contributed by atoms with Crippen molar-refractivity contribution in [3.8, 4) is 11.4 Å². The van der Waals surface area contributed by atoms with Crippen molar-refractivity contribution in [2.75, 3.05) is 0 Å². The first-order valence-corrected chi connectivity index (χ1v) is 6.76. The maximum absolute atomic E-state index is 10.9. The van der Waals surface area contributed by atoms with Gasteiger partial charge >= 0.3 is 5.97 Å². The van der Waals surface area contributed by atoms with Crippen LogP contribution in [0.15, 0.2) is 34.9 Å². The maximum atomic E-state index is 10.9. The summed E-state index contributed by atoms with van der Waals surface area (Å²) in [6.07, 6.45) is 1.28. The predicted molar refractivity (Wildman–Crippen MR) is 79.0 cm³/mol. The van der Waals surface area contributed by atoms with Crippen molar-refractivity contribution in [1.82, 2.24) is 15.0 Å². The average molecular weight is 353 g/mol. The molecule has 0 unspecified atom stereocenters. The van der Waals surface area contributed by atoms with E-state index in [4.69, 9.17) is 16.7 Å². The monoisotopic (exact) mass is 351 g/mol. The Balaban J connectivity index is 2.17. The first-order chi connectivity index (χ1) is 9.54. The second kappa shape index (κ2) is 4.88. The number of aromatic carboxylic acids is 1. The molecule has 20 heavy (non-hydrogen) atoms. The third-order valence-electron chi connectivity index (χ3n) is 2.77. The molecular weight excluding hydrogens is 346 g/mol. The first kappa shape index (κ1) is 13.1. The Kier molecular flexibility index (Phi) is 3.19. The van der Waals surface area contributed by atoms with Crippen molar-refractivity contribution in [3.63, 3.8) is 0 Å². The van der Waals surface area contributed by atoms with Gasteiger partial charge in [0.25, 0.3) is 0 Å². The van der Waals surface area contributed by atoms with Crippen LogP contribution in [0.1, 0.15) is 10.4 Å². The van der Waals surface area contributed by atoms with Gasteiger partial charge in [-0.2, -0.15) is 0 Å². The van der Waals surface area contributed by atoms with Crippen molar-refractivity contribution in [2.45, 2.75) is 0 Å². The predicted octanol–water partition coefficient (Wildman–Crippen LogP) is 3.74. The van der Waals surface area contributed by atoms with Crippen LogP contribution >= 0.6 is 27.5 Å². The molecule has 3 rings (SSSR count). The molecule has 5 nitrogen and oxygen atoms in total. The third kappa shape index (κ3) is 2.28. The molecule has 100 valence electrons. The number of hydrogen-bond acceptors (Lipinski definition) is 3. The summed E-state index contributed by atoms with van der Waals surface area (Å²) in [5.41, 5.74) is 1.91. The van der Waals surface area contributed by atoms with E-state index in [0.717, 1.165) is 10.0 Å². The number of nitrogens with zero attached hydrogens (tertiary/aromatic N) is 2. The quantitative estimate of drug-likeness (QED) is 0.736. The molecular formula is C13H7BrClN3O2. The minimum Gasteiger partial charge on any atom is -0.478 e. The number of imidazole rings is 1. The Hall–Kier alpha value is -1.92. The molecule has 0 aliphatic carbocycles. The van der Waals surface area contributed by atoms with E-state index >= 15 is 0 Å². The highest BCUT2D eigenvalue weighted by Gasteiger charge is 2.12. The summed E-state index contributed by atoms with van der Waals surface area (Å²) in [5, 5.41) is 9.54. The van der Waals surface area contributed by atoms with Gasteiger partial charge in [0, 0.05) is 21.3 Å². The summed E-state index contributed by atoms with van der Waals surface area (Å²) in [5.74, 6) is -0.455. The molecule has 0 atom stereocenters. The largest absolute Gasteiger partial charge is 0.478 e. The van der Waals surface area contributed by atoms with Gasteiger partial charge in [-0.1, -0.05) is 27.5 Å². The second-order valence-corrected chi connectivity index (χ2v) is 5.40. The normalized spacial score (nSPS) is 10.9. The third-order valence-corrected chi connectivity index (χ3v) is 3.69. The van der Waals surface area contributed by atoms with Gasteiger partial charge in [0.15, 0.2) is 5.65 Å². The summed E-state index contributed by atoms with van der Waals surface area (Å²) in [6, 6.07) is 6.85.